The fourth-order valence-electron chi connectivity index (χ4n) is 4.64. The lowest BCUT2D eigenvalue weighted by atomic mass is 9.78. The van der Waals surface area contributed by atoms with E-state index in [-0.39, 0.29) is 54.9 Å². The van der Waals surface area contributed by atoms with Crippen molar-refractivity contribution in [3.8, 4) is 23.8 Å². The van der Waals surface area contributed by atoms with Crippen LogP contribution in [0.25, 0.3) is 0 Å². The molecule has 2 atom stereocenters. The van der Waals surface area contributed by atoms with Crippen molar-refractivity contribution in [1.29, 1.82) is 0 Å². The van der Waals surface area contributed by atoms with Gasteiger partial charge in [-0.25, -0.2) is 17.6 Å². The van der Waals surface area contributed by atoms with Crippen molar-refractivity contribution in [1.82, 2.24) is 10.2 Å². The summed E-state index contributed by atoms with van der Waals surface area (Å²) in [4.78, 5) is 13.0. The van der Waals surface area contributed by atoms with Gasteiger partial charge in [-0.3, -0.25) is 13.9 Å². The van der Waals surface area contributed by atoms with Crippen molar-refractivity contribution in [3.05, 3.63) is 71.3 Å². The molecule has 0 spiro atoms. The molecule has 1 saturated heterocycles. The van der Waals surface area contributed by atoms with Gasteiger partial charge in [-0.1, -0.05) is 33.3 Å². The van der Waals surface area contributed by atoms with Crippen molar-refractivity contribution in [2.75, 3.05) is 52.4 Å². The summed E-state index contributed by atoms with van der Waals surface area (Å²) in [5.74, 6) is -3.56. The van der Waals surface area contributed by atoms with Crippen LogP contribution in [-0.2, 0) is 29.2 Å². The predicted octanol–water partition coefficient (Wildman–Crippen LogP) is 6.91. The molecule has 2 unspecified atom stereocenters. The van der Waals surface area contributed by atoms with Gasteiger partial charge in [0, 0.05) is 42.1 Å². The molecule has 0 radical (unpaired) electrons. The second-order valence-electron chi connectivity index (χ2n) is 17.4. The quantitative estimate of drug-likeness (QED) is 0.0458. The molecule has 1 fully saturated rings. The monoisotopic (exact) mass is 862 g/mol. The van der Waals surface area contributed by atoms with E-state index >= 15 is 0 Å². The summed E-state index contributed by atoms with van der Waals surface area (Å²) >= 11 is 0. The molecule has 0 bridgehead atoms. The highest BCUT2D eigenvalue weighted by atomic mass is 32.2. The van der Waals surface area contributed by atoms with Crippen LogP contribution < -0.4 is 14.8 Å². The van der Waals surface area contributed by atoms with E-state index in [2.05, 4.69) is 47.7 Å². The molecule has 0 aromatic heterocycles. The van der Waals surface area contributed by atoms with Gasteiger partial charge in [0.25, 0.3) is 10.1 Å². The second kappa shape index (κ2) is 23.9. The van der Waals surface area contributed by atoms with Crippen LogP contribution in [0.2, 0.25) is 0 Å². The largest absolute Gasteiger partial charge is 0.487 e. The minimum atomic E-state index is -3.28. The number of ether oxygens (including phenoxy) is 3. The summed E-state index contributed by atoms with van der Waals surface area (Å²) in [6, 6.07) is 4.08. The summed E-state index contributed by atoms with van der Waals surface area (Å²) < 4.78 is 99.0. The van der Waals surface area contributed by atoms with Crippen molar-refractivity contribution >= 4 is 16.0 Å². The van der Waals surface area contributed by atoms with Crippen molar-refractivity contribution in [3.63, 3.8) is 0 Å². The van der Waals surface area contributed by atoms with E-state index in [0.717, 1.165) is 30.5 Å². The van der Waals surface area contributed by atoms with E-state index in [1.807, 2.05) is 20.8 Å². The van der Waals surface area contributed by atoms with E-state index in [4.69, 9.17) is 25.7 Å². The van der Waals surface area contributed by atoms with Gasteiger partial charge in [-0.05, 0) is 104 Å². The molecule has 1 amide bonds. The van der Waals surface area contributed by atoms with Gasteiger partial charge in [0.05, 0.1) is 25.1 Å². The first-order valence-corrected chi connectivity index (χ1v) is 20.7. The summed E-state index contributed by atoms with van der Waals surface area (Å²) in [7, 11) is -3.28. The number of amides is 1. The SMILES string of the molecule is C#CCOCC(O)COc1c(F)cc(C(C)(C)c2cc(F)c(OCC(C)CO)c(F)c2)cc1F.C=CC(=O)NC(C)(C)C.CC(C)(C)N1CC1.CC(C)(C)OS(C)(=O)=O. The van der Waals surface area contributed by atoms with Gasteiger partial charge in [-0.15, -0.1) is 6.42 Å². The number of nitrogens with zero attached hydrogens (tertiary/aromatic N) is 1. The zero-order valence-electron chi connectivity index (χ0n) is 36.9. The van der Waals surface area contributed by atoms with E-state index in [9.17, 15) is 35.9 Å². The van der Waals surface area contributed by atoms with E-state index in [1.165, 1.54) is 19.2 Å². The number of benzene rings is 2. The van der Waals surface area contributed by atoms with Gasteiger partial charge in [0.2, 0.25) is 5.91 Å². The highest BCUT2D eigenvalue weighted by Crippen LogP contribution is 2.38. The molecular weight excluding hydrogens is 797 g/mol. The zero-order valence-corrected chi connectivity index (χ0v) is 37.7. The Balaban J connectivity index is 0.00000108. The number of carbonyl (C=O) groups excluding carboxylic acids is 1. The van der Waals surface area contributed by atoms with Gasteiger partial charge in [0.1, 0.15) is 19.3 Å². The lowest BCUT2D eigenvalue weighted by molar-refractivity contribution is -0.117. The Morgan fingerprint density at radius 2 is 1.31 bits per heavy atom. The number of nitrogens with one attached hydrogen (secondary N) is 1. The summed E-state index contributed by atoms with van der Waals surface area (Å²) in [5, 5.41) is 21.5. The van der Waals surface area contributed by atoms with Gasteiger partial charge < -0.3 is 29.7 Å². The van der Waals surface area contributed by atoms with Crippen molar-refractivity contribution in [2.45, 2.75) is 111 Å². The zero-order chi connectivity index (χ0) is 46.2. The van der Waals surface area contributed by atoms with Crippen LogP contribution in [0, 0.1) is 41.5 Å². The lowest BCUT2D eigenvalue weighted by Gasteiger charge is -2.27. The average Bonchev–Trinajstić information content (AvgIpc) is 3.92. The third-order valence-electron chi connectivity index (χ3n) is 7.66. The van der Waals surface area contributed by atoms with Crippen LogP contribution in [0.3, 0.4) is 0 Å². The fourth-order valence-corrected chi connectivity index (χ4v) is 5.55. The second-order valence-corrected chi connectivity index (χ2v) is 19.0. The average molecular weight is 863 g/mol. The maximum Gasteiger partial charge on any atom is 0.264 e. The lowest BCUT2D eigenvalue weighted by Crippen LogP contribution is -2.39. The molecule has 0 saturated carbocycles. The molecular formula is C43H66F4N2O9S. The normalized spacial score (nSPS) is 14.1. The number of rotatable bonds is 14. The van der Waals surface area contributed by atoms with Crippen LogP contribution >= 0.6 is 0 Å². The molecule has 3 N–H and O–H groups in total. The molecule has 1 aliphatic heterocycles. The van der Waals surface area contributed by atoms with Gasteiger partial charge >= 0.3 is 0 Å². The first kappa shape index (κ1) is 55.3. The predicted molar refractivity (Wildman–Crippen MR) is 223 cm³/mol. The van der Waals surface area contributed by atoms with Crippen LogP contribution in [0.5, 0.6) is 11.5 Å². The molecule has 336 valence electrons. The Labute approximate surface area is 349 Å². The topological polar surface area (TPSA) is 144 Å². The third kappa shape index (κ3) is 23.6. The molecule has 11 nitrogen and oxygen atoms in total. The first-order valence-electron chi connectivity index (χ1n) is 18.9. The van der Waals surface area contributed by atoms with Crippen LogP contribution in [0.15, 0.2) is 36.9 Å². The Morgan fingerprint density at radius 3 is 1.56 bits per heavy atom. The standard InChI is InChI=1S/C25H28F4O5.C7H13NO.C6H13N.C5H12O3S/c1-5-6-32-13-18(31)14-34-24-21(28)9-17(10-22(24)29)25(3,4)16-7-19(26)23(20(27)8-16)33-12-15(2)11-30;1-5-6(9)8-7(2,3)4;1-6(2,3)7-4-5-7;1-5(2,3)8-9(4,6)7/h1,7-10,15,18,30-31H,6,11-14H2,2-4H3;5H,1H2,2-4H3,(H,8,9);4-5H2,1-3H3;1-4H3. The van der Waals surface area contributed by atoms with Crippen molar-refractivity contribution in [2.24, 2.45) is 5.92 Å². The van der Waals surface area contributed by atoms with Gasteiger partial charge in [-0.2, -0.15) is 8.42 Å². The molecule has 2 aromatic carbocycles. The summed E-state index contributed by atoms with van der Waals surface area (Å²) in [6.45, 7) is 27.4. The van der Waals surface area contributed by atoms with Crippen LogP contribution in [0.4, 0.5) is 17.6 Å². The van der Waals surface area contributed by atoms with E-state index in [1.54, 1.807) is 41.5 Å². The van der Waals surface area contributed by atoms with E-state index < -0.39 is 68.6 Å². The Kier molecular flexibility index (Phi) is 22.4. The highest BCUT2D eigenvalue weighted by Gasteiger charge is 2.30. The molecule has 16 heteroatoms. The number of hydrogen-bond donors (Lipinski definition) is 3. The molecule has 2 aromatic rings. The summed E-state index contributed by atoms with van der Waals surface area (Å²) in [6.07, 6.45) is 6.17. The van der Waals surface area contributed by atoms with Crippen LogP contribution in [0.1, 0.15) is 94.2 Å². The Morgan fingerprint density at radius 1 is 0.881 bits per heavy atom. The highest BCUT2D eigenvalue weighted by molar-refractivity contribution is 7.86. The minimum Gasteiger partial charge on any atom is -0.487 e. The third-order valence-corrected chi connectivity index (χ3v) is 8.46. The fraction of sp³-hybridized carbons (Fsp3) is 0.605. The van der Waals surface area contributed by atoms with Crippen molar-refractivity contribution < 1.29 is 59.4 Å². The molecule has 1 heterocycles. The maximum atomic E-state index is 14.7. The Bertz CT molecular complexity index is 1750. The first-order chi connectivity index (χ1) is 26.8. The molecule has 59 heavy (non-hydrogen) atoms. The van der Waals surface area contributed by atoms with Crippen LogP contribution in [-0.4, -0.2) is 105 Å². The molecule has 3 rings (SSSR count). The smallest absolute Gasteiger partial charge is 0.264 e. The molecule has 0 aliphatic carbocycles. The minimum absolute atomic E-state index is 0.0281. The van der Waals surface area contributed by atoms with Gasteiger partial charge in [0.15, 0.2) is 34.8 Å². The summed E-state index contributed by atoms with van der Waals surface area (Å²) in [5.41, 5.74) is -1.27. The maximum absolute atomic E-state index is 14.7. The Hall–Kier alpha value is -3.72. The number of halogens is 4. The number of terminal acetylenes is 1. The number of hydrogen-bond acceptors (Lipinski definition) is 10. The molecule has 1 aliphatic rings. The number of aliphatic hydroxyl groups is 2. The van der Waals surface area contributed by atoms with E-state index in [0.29, 0.717) is 5.54 Å². The number of aliphatic hydroxyl groups excluding tert-OH is 2. The number of carbonyl (C=O) groups is 1.